The molecule has 1 heterocycles. The number of aliphatic hydroxyl groups excluding tert-OH is 1. The average Bonchev–Trinajstić information content (AvgIpc) is 2.02. The number of aromatic nitrogens is 1. The molecule has 14 heavy (non-hydrogen) atoms. The number of rotatable bonds is 3. The minimum absolute atomic E-state index is 0. The number of aliphatic hydroxyl groups is 1. The Labute approximate surface area is 122 Å². The topological polar surface area (TPSA) is 33.1 Å². The van der Waals surface area contributed by atoms with Crippen LogP contribution in [-0.2, 0) is 12.9 Å². The van der Waals surface area contributed by atoms with Gasteiger partial charge in [0.25, 0.3) is 0 Å². The SMILES string of the molecule is OCc1ccncc1C[B-](F)(F)F.[K+]. The Kier molecular flexibility index (Phi) is 6.51. The van der Waals surface area contributed by atoms with Gasteiger partial charge in [-0.3, -0.25) is 4.98 Å². The Morgan fingerprint density at radius 2 is 1.93 bits per heavy atom. The van der Waals surface area contributed by atoms with Crippen molar-refractivity contribution in [2.75, 3.05) is 0 Å². The van der Waals surface area contributed by atoms with E-state index < -0.39 is 13.3 Å². The molecule has 1 rings (SSSR count). The molecule has 0 radical (unpaired) electrons. The van der Waals surface area contributed by atoms with Crippen molar-refractivity contribution in [3.8, 4) is 0 Å². The van der Waals surface area contributed by atoms with Crippen LogP contribution in [0.2, 0.25) is 0 Å². The van der Waals surface area contributed by atoms with Gasteiger partial charge >= 0.3 is 58.4 Å². The van der Waals surface area contributed by atoms with Gasteiger partial charge in [0.2, 0.25) is 0 Å². The summed E-state index contributed by atoms with van der Waals surface area (Å²) in [5.74, 6) is 0. The van der Waals surface area contributed by atoms with Gasteiger partial charge in [-0.25, -0.2) is 0 Å². The minimum Gasteiger partial charge on any atom is -0.449 e. The van der Waals surface area contributed by atoms with E-state index in [0.717, 1.165) is 6.20 Å². The van der Waals surface area contributed by atoms with Crippen molar-refractivity contribution < 1.29 is 69.4 Å². The van der Waals surface area contributed by atoms with E-state index in [0.29, 0.717) is 0 Å². The molecule has 0 amide bonds. The van der Waals surface area contributed by atoms with Gasteiger partial charge in [-0.2, -0.15) is 0 Å². The predicted octanol–water partition coefficient (Wildman–Crippen LogP) is -1.49. The van der Waals surface area contributed by atoms with E-state index in [1.807, 2.05) is 0 Å². The molecule has 72 valence electrons. The monoisotopic (exact) mass is 229 g/mol. The van der Waals surface area contributed by atoms with Gasteiger partial charge in [0.1, 0.15) is 0 Å². The maximum atomic E-state index is 12.0. The molecule has 0 aliphatic rings. The first-order chi connectivity index (χ1) is 6.03. The van der Waals surface area contributed by atoms with E-state index in [1.54, 1.807) is 0 Å². The number of nitrogens with zero attached hydrogens (tertiary/aromatic N) is 1. The van der Waals surface area contributed by atoms with E-state index in [9.17, 15) is 12.9 Å². The van der Waals surface area contributed by atoms with E-state index in [-0.39, 0.29) is 69.1 Å². The Balaban J connectivity index is 0.00000169. The fourth-order valence-electron chi connectivity index (χ4n) is 1.04. The van der Waals surface area contributed by atoms with Crippen molar-refractivity contribution in [3.63, 3.8) is 0 Å². The molecule has 1 N–H and O–H groups in total. The number of pyridine rings is 1. The van der Waals surface area contributed by atoms with Crippen LogP contribution in [-0.4, -0.2) is 17.1 Å². The normalized spacial score (nSPS) is 10.9. The van der Waals surface area contributed by atoms with Crippen molar-refractivity contribution >= 4 is 6.98 Å². The first-order valence-corrected chi connectivity index (χ1v) is 3.76. The number of hydrogen-bond donors (Lipinski definition) is 1. The Bertz CT molecular complexity index is 295. The van der Waals surface area contributed by atoms with Crippen LogP contribution in [0.4, 0.5) is 12.9 Å². The third-order valence-corrected chi connectivity index (χ3v) is 1.63. The molecule has 0 aliphatic carbocycles. The van der Waals surface area contributed by atoms with Crippen molar-refractivity contribution in [3.05, 3.63) is 29.6 Å². The third-order valence-electron chi connectivity index (χ3n) is 1.63. The number of hydrogen-bond acceptors (Lipinski definition) is 2. The summed E-state index contributed by atoms with van der Waals surface area (Å²) in [7, 11) is 0. The molecule has 0 atom stereocenters. The van der Waals surface area contributed by atoms with Gasteiger partial charge in [-0.05, 0) is 11.6 Å². The zero-order valence-electron chi connectivity index (χ0n) is 7.75. The minimum atomic E-state index is -4.86. The first kappa shape index (κ1) is 14.6. The predicted molar refractivity (Wildman–Crippen MR) is 42.9 cm³/mol. The largest absolute Gasteiger partial charge is 1.00 e. The van der Waals surface area contributed by atoms with E-state index >= 15 is 0 Å². The van der Waals surface area contributed by atoms with Crippen LogP contribution in [0.3, 0.4) is 0 Å². The molecule has 0 saturated heterocycles. The van der Waals surface area contributed by atoms with E-state index in [1.165, 1.54) is 12.3 Å². The van der Waals surface area contributed by atoms with Crippen LogP contribution in [0.25, 0.3) is 0 Å². The molecule has 0 bridgehead atoms. The molecule has 0 aromatic carbocycles. The molecule has 0 fully saturated rings. The molecule has 7 heteroatoms. The van der Waals surface area contributed by atoms with Crippen molar-refractivity contribution in [1.82, 2.24) is 4.98 Å². The molecule has 0 aliphatic heterocycles. The molecule has 0 unspecified atom stereocenters. The maximum absolute atomic E-state index is 12.0. The first-order valence-electron chi connectivity index (χ1n) is 3.76. The van der Waals surface area contributed by atoms with Crippen LogP contribution in [0.1, 0.15) is 11.1 Å². The summed E-state index contributed by atoms with van der Waals surface area (Å²) in [6.45, 7) is -5.24. The van der Waals surface area contributed by atoms with Crippen LogP contribution in [0, 0.1) is 0 Å². The second-order valence-corrected chi connectivity index (χ2v) is 2.72. The Morgan fingerprint density at radius 3 is 2.43 bits per heavy atom. The summed E-state index contributed by atoms with van der Waals surface area (Å²) in [4.78, 5) is 3.58. The van der Waals surface area contributed by atoms with Gasteiger partial charge in [0, 0.05) is 12.4 Å². The zero-order valence-corrected chi connectivity index (χ0v) is 10.9. The van der Waals surface area contributed by atoms with Gasteiger partial charge in [0.15, 0.2) is 0 Å². The molecular weight excluding hydrogens is 221 g/mol. The van der Waals surface area contributed by atoms with E-state index in [4.69, 9.17) is 5.11 Å². The fraction of sp³-hybridized carbons (Fsp3) is 0.286. The standard InChI is InChI=1S/C7H8BF3NO.K/c9-8(10,11)3-7-4-12-2-1-6(7)5-13;/h1-2,4,13H,3,5H2;/q-1;+1. The third kappa shape index (κ3) is 4.90. The quantitative estimate of drug-likeness (QED) is 0.640. The van der Waals surface area contributed by atoms with Crippen molar-refractivity contribution in [2.45, 2.75) is 12.9 Å². The molecule has 0 spiro atoms. The van der Waals surface area contributed by atoms with Crippen LogP contribution in [0.15, 0.2) is 18.5 Å². The summed E-state index contributed by atoms with van der Waals surface area (Å²) in [6.07, 6.45) is 1.52. The summed E-state index contributed by atoms with van der Waals surface area (Å²) in [6, 6.07) is 1.39. The van der Waals surface area contributed by atoms with Crippen LogP contribution >= 0.6 is 0 Å². The summed E-state index contributed by atoms with van der Waals surface area (Å²) in [5, 5.41) is 8.73. The van der Waals surface area contributed by atoms with Crippen LogP contribution in [0.5, 0.6) is 0 Å². The Morgan fingerprint density at radius 1 is 1.29 bits per heavy atom. The Hall–Kier alpha value is 0.601. The number of halogens is 3. The van der Waals surface area contributed by atoms with E-state index in [2.05, 4.69) is 4.98 Å². The molecular formula is C7H8BF3KNO. The molecule has 1 aromatic rings. The summed E-state index contributed by atoms with van der Waals surface area (Å²) >= 11 is 0. The fourth-order valence-corrected chi connectivity index (χ4v) is 1.04. The molecule has 0 saturated carbocycles. The van der Waals surface area contributed by atoms with Gasteiger partial charge in [-0.15, -0.1) is 0 Å². The van der Waals surface area contributed by atoms with Crippen molar-refractivity contribution in [2.24, 2.45) is 0 Å². The molecule has 2 nitrogen and oxygen atoms in total. The summed E-state index contributed by atoms with van der Waals surface area (Å²) < 4.78 is 36.0. The van der Waals surface area contributed by atoms with Crippen molar-refractivity contribution in [1.29, 1.82) is 0 Å². The summed E-state index contributed by atoms with van der Waals surface area (Å²) in [5.41, 5.74) is 0.340. The van der Waals surface area contributed by atoms with Gasteiger partial charge in [-0.1, -0.05) is 11.9 Å². The maximum Gasteiger partial charge on any atom is 1.00 e. The zero-order chi connectivity index (χ0) is 9.90. The van der Waals surface area contributed by atoms with Gasteiger partial charge < -0.3 is 18.1 Å². The second-order valence-electron chi connectivity index (χ2n) is 2.72. The van der Waals surface area contributed by atoms with Crippen LogP contribution < -0.4 is 51.4 Å². The second kappa shape index (κ2) is 6.24. The smallest absolute Gasteiger partial charge is 0.449 e. The molecule has 1 aromatic heterocycles. The average molecular weight is 229 g/mol. The van der Waals surface area contributed by atoms with Gasteiger partial charge in [0.05, 0.1) is 6.61 Å².